The van der Waals surface area contributed by atoms with Crippen molar-refractivity contribution in [1.82, 2.24) is 19.7 Å². The van der Waals surface area contributed by atoms with Gasteiger partial charge >= 0.3 is 0 Å². The third-order valence-corrected chi connectivity index (χ3v) is 5.41. The summed E-state index contributed by atoms with van der Waals surface area (Å²) in [6.45, 7) is -0.0813. The molecule has 7 nitrogen and oxygen atoms in total. The monoisotopic (exact) mass is 447 g/mol. The van der Waals surface area contributed by atoms with Crippen LogP contribution in [-0.2, 0) is 11.3 Å². The topological polar surface area (TPSA) is 92.7 Å². The number of rotatable bonds is 5. The minimum absolute atomic E-state index is 0.0813. The molecule has 0 aliphatic heterocycles. The van der Waals surface area contributed by atoms with Crippen LogP contribution in [0.5, 0.6) is 0 Å². The van der Waals surface area contributed by atoms with Crippen molar-refractivity contribution < 1.29 is 14.0 Å². The van der Waals surface area contributed by atoms with Gasteiger partial charge < -0.3 is 9.88 Å². The molecule has 0 bridgehead atoms. The number of anilines is 1. The summed E-state index contributed by atoms with van der Waals surface area (Å²) < 4.78 is 14.9. The summed E-state index contributed by atoms with van der Waals surface area (Å²) in [4.78, 5) is 29.9. The van der Waals surface area contributed by atoms with Gasteiger partial charge in [-0.05, 0) is 48.5 Å². The fourth-order valence-corrected chi connectivity index (χ4v) is 3.91. The minimum Gasteiger partial charge on any atom is -0.335 e. The fourth-order valence-electron chi connectivity index (χ4n) is 3.65. The molecule has 5 rings (SSSR count). The number of H-pyrrole nitrogens is 1. The molecule has 1 amide bonds. The van der Waals surface area contributed by atoms with Crippen molar-refractivity contribution in [3.8, 4) is 0 Å². The van der Waals surface area contributed by atoms with Crippen molar-refractivity contribution in [3.63, 3.8) is 0 Å². The van der Waals surface area contributed by atoms with Crippen LogP contribution in [0.4, 0.5) is 10.1 Å². The van der Waals surface area contributed by atoms with Crippen molar-refractivity contribution in [1.29, 1.82) is 0 Å². The number of benzene rings is 2. The molecule has 3 heterocycles. The Morgan fingerprint density at radius 2 is 1.94 bits per heavy atom. The van der Waals surface area contributed by atoms with E-state index in [4.69, 9.17) is 11.6 Å². The van der Waals surface area contributed by atoms with Crippen LogP contribution in [-0.4, -0.2) is 31.4 Å². The van der Waals surface area contributed by atoms with E-state index in [1.807, 2.05) is 12.1 Å². The highest BCUT2D eigenvalue weighted by atomic mass is 35.5. The number of hydrogen-bond acceptors (Lipinski definition) is 4. The van der Waals surface area contributed by atoms with Gasteiger partial charge in [-0.15, -0.1) is 0 Å². The number of hydrogen-bond donors (Lipinski definition) is 2. The maximum absolute atomic E-state index is 13.3. The first-order chi connectivity index (χ1) is 15.5. The quantitative estimate of drug-likeness (QED) is 0.305. The van der Waals surface area contributed by atoms with Crippen molar-refractivity contribution >= 4 is 50.8 Å². The second-order valence-electron chi connectivity index (χ2n) is 7.22. The first-order valence-electron chi connectivity index (χ1n) is 9.66. The average Bonchev–Trinajstić information content (AvgIpc) is 3.39. The summed E-state index contributed by atoms with van der Waals surface area (Å²) in [6, 6.07) is 12.4. The van der Waals surface area contributed by atoms with E-state index < -0.39 is 5.82 Å². The normalized spacial score (nSPS) is 11.2. The predicted molar refractivity (Wildman–Crippen MR) is 119 cm³/mol. The van der Waals surface area contributed by atoms with E-state index in [1.54, 1.807) is 29.1 Å². The van der Waals surface area contributed by atoms with Gasteiger partial charge in [-0.3, -0.25) is 14.7 Å². The van der Waals surface area contributed by atoms with Crippen LogP contribution in [0.25, 0.3) is 21.8 Å². The van der Waals surface area contributed by atoms with Gasteiger partial charge in [0, 0.05) is 40.0 Å². The lowest BCUT2D eigenvalue weighted by atomic mass is 10.0. The predicted octanol–water partition coefficient (Wildman–Crippen LogP) is 4.57. The summed E-state index contributed by atoms with van der Waals surface area (Å²) in [6.07, 6.45) is 4.74. The number of amides is 1. The molecule has 0 aliphatic carbocycles. The molecule has 0 saturated heterocycles. The standard InChI is InChI=1S/C23H15ClFN5O2/c24-23-21-17(7-8-26-23)18(22(32)13-1-3-15(25)4-2-13)11-30(21)12-20(31)28-16-5-6-19-14(9-16)10-27-29-19/h1-11H,12H2,(H,27,29)(H,28,31). The average molecular weight is 448 g/mol. The van der Waals surface area contributed by atoms with Crippen LogP contribution in [0, 0.1) is 5.82 Å². The van der Waals surface area contributed by atoms with Gasteiger partial charge in [0.25, 0.3) is 0 Å². The zero-order valence-electron chi connectivity index (χ0n) is 16.5. The van der Waals surface area contributed by atoms with E-state index in [2.05, 4.69) is 20.5 Å². The number of halogens is 2. The van der Waals surface area contributed by atoms with Gasteiger partial charge in [-0.25, -0.2) is 9.37 Å². The molecule has 0 atom stereocenters. The highest BCUT2D eigenvalue weighted by molar-refractivity contribution is 6.34. The third kappa shape index (κ3) is 3.61. The molecule has 2 aromatic carbocycles. The van der Waals surface area contributed by atoms with E-state index in [0.717, 1.165) is 10.9 Å². The summed E-state index contributed by atoms with van der Waals surface area (Å²) in [5.41, 5.74) is 2.63. The lowest BCUT2D eigenvalue weighted by Crippen LogP contribution is -2.18. The number of carbonyl (C=O) groups excluding carboxylic acids is 2. The Morgan fingerprint density at radius 1 is 1.12 bits per heavy atom. The molecule has 0 fully saturated rings. The van der Waals surface area contributed by atoms with Gasteiger partial charge in [0.1, 0.15) is 12.4 Å². The third-order valence-electron chi connectivity index (χ3n) is 5.13. The van der Waals surface area contributed by atoms with Crippen molar-refractivity contribution in [2.24, 2.45) is 0 Å². The van der Waals surface area contributed by atoms with Crippen LogP contribution in [0.15, 0.2) is 67.1 Å². The highest BCUT2D eigenvalue weighted by Gasteiger charge is 2.20. The van der Waals surface area contributed by atoms with Crippen molar-refractivity contribution in [3.05, 3.63) is 89.2 Å². The maximum atomic E-state index is 13.3. The summed E-state index contributed by atoms with van der Waals surface area (Å²) >= 11 is 6.31. The van der Waals surface area contributed by atoms with E-state index in [0.29, 0.717) is 27.7 Å². The van der Waals surface area contributed by atoms with Crippen LogP contribution >= 0.6 is 11.6 Å². The summed E-state index contributed by atoms with van der Waals surface area (Å²) in [5, 5.41) is 11.3. The largest absolute Gasteiger partial charge is 0.335 e. The van der Waals surface area contributed by atoms with Gasteiger partial charge in [0.2, 0.25) is 5.91 Å². The number of nitrogens with zero attached hydrogens (tertiary/aromatic N) is 3. The van der Waals surface area contributed by atoms with Gasteiger partial charge in [0.05, 0.1) is 17.2 Å². The number of pyridine rings is 1. The van der Waals surface area contributed by atoms with E-state index in [9.17, 15) is 14.0 Å². The lowest BCUT2D eigenvalue weighted by Gasteiger charge is -2.08. The molecular weight excluding hydrogens is 433 g/mol. The first kappa shape index (κ1) is 19.9. The van der Waals surface area contributed by atoms with Crippen LogP contribution in [0.1, 0.15) is 15.9 Å². The second kappa shape index (κ2) is 7.90. The number of carbonyl (C=O) groups is 2. The fraction of sp³-hybridized carbons (Fsp3) is 0.0435. The smallest absolute Gasteiger partial charge is 0.244 e. The molecule has 3 aromatic heterocycles. The Hall–Kier alpha value is -4.04. The van der Waals surface area contributed by atoms with Crippen LogP contribution in [0.3, 0.4) is 0 Å². The summed E-state index contributed by atoms with van der Waals surface area (Å²) in [7, 11) is 0. The van der Waals surface area contributed by atoms with Gasteiger partial charge in [-0.1, -0.05) is 11.6 Å². The van der Waals surface area contributed by atoms with Crippen molar-refractivity contribution in [2.75, 3.05) is 5.32 Å². The van der Waals surface area contributed by atoms with Crippen LogP contribution < -0.4 is 5.32 Å². The van der Waals surface area contributed by atoms with Crippen molar-refractivity contribution in [2.45, 2.75) is 6.54 Å². The molecule has 9 heteroatoms. The first-order valence-corrected chi connectivity index (χ1v) is 10.0. The Kier molecular flexibility index (Phi) is 4.91. The van der Waals surface area contributed by atoms with Gasteiger partial charge in [-0.2, -0.15) is 5.10 Å². The SMILES string of the molecule is O=C(Cn1cc(C(=O)c2ccc(F)cc2)c2ccnc(Cl)c21)Nc1ccc2[nH]ncc2c1. The molecule has 158 valence electrons. The Bertz CT molecular complexity index is 1490. The molecule has 0 unspecified atom stereocenters. The zero-order valence-corrected chi connectivity index (χ0v) is 17.2. The van der Waals surface area contributed by atoms with E-state index in [1.165, 1.54) is 30.5 Å². The number of ketones is 1. The number of aromatic amines is 1. The molecule has 2 N–H and O–H groups in total. The molecule has 0 saturated carbocycles. The molecule has 0 spiro atoms. The Labute approximate surface area is 185 Å². The Morgan fingerprint density at radius 3 is 2.75 bits per heavy atom. The zero-order chi connectivity index (χ0) is 22.2. The second-order valence-corrected chi connectivity index (χ2v) is 7.58. The summed E-state index contributed by atoms with van der Waals surface area (Å²) in [5.74, 6) is -1.03. The molecular formula is C23H15ClFN5O2. The minimum atomic E-state index is -0.429. The van der Waals surface area contributed by atoms with E-state index in [-0.39, 0.29) is 23.4 Å². The Balaban J connectivity index is 1.47. The molecule has 0 aliphatic rings. The van der Waals surface area contributed by atoms with Gasteiger partial charge in [0.15, 0.2) is 10.9 Å². The number of aromatic nitrogens is 4. The molecule has 0 radical (unpaired) electrons. The van der Waals surface area contributed by atoms with E-state index >= 15 is 0 Å². The van der Waals surface area contributed by atoms with Crippen LogP contribution in [0.2, 0.25) is 5.15 Å². The number of nitrogens with one attached hydrogen (secondary N) is 2. The lowest BCUT2D eigenvalue weighted by molar-refractivity contribution is -0.116. The molecule has 5 aromatic rings. The molecule has 32 heavy (non-hydrogen) atoms. The maximum Gasteiger partial charge on any atom is 0.244 e. The highest BCUT2D eigenvalue weighted by Crippen LogP contribution is 2.28. The number of fused-ring (bicyclic) bond motifs is 2.